The summed E-state index contributed by atoms with van der Waals surface area (Å²) in [7, 11) is 0. The third-order valence-corrected chi connectivity index (χ3v) is 3.54. The molecule has 0 atom stereocenters. The normalized spacial score (nSPS) is 17.3. The minimum absolute atomic E-state index is 0.275. The summed E-state index contributed by atoms with van der Waals surface area (Å²) in [6, 6.07) is 8.24. The number of amidine groups is 1. The first kappa shape index (κ1) is 13.4. The smallest absolute Gasteiger partial charge is 0.115 e. The van der Waals surface area contributed by atoms with Crippen LogP contribution in [0.5, 0.6) is 0 Å². The van der Waals surface area contributed by atoms with Crippen molar-refractivity contribution in [1.82, 2.24) is 4.90 Å². The molecule has 2 N–H and O–H groups in total. The molecule has 1 aliphatic heterocycles. The molecule has 0 radical (unpaired) electrons. The van der Waals surface area contributed by atoms with Gasteiger partial charge in [0, 0.05) is 6.54 Å². The summed E-state index contributed by atoms with van der Waals surface area (Å²) in [6.45, 7) is 3.68. The van der Waals surface area contributed by atoms with E-state index in [1.807, 2.05) is 12.1 Å². The molecule has 0 spiro atoms. The molecule has 3 nitrogen and oxygen atoms in total. The van der Waals surface area contributed by atoms with E-state index in [0.717, 1.165) is 18.7 Å². The van der Waals surface area contributed by atoms with Gasteiger partial charge in [0.15, 0.2) is 0 Å². The molecule has 1 saturated heterocycles. The molecule has 1 heterocycles. The van der Waals surface area contributed by atoms with E-state index < -0.39 is 0 Å². The van der Waals surface area contributed by atoms with Gasteiger partial charge in [0.2, 0.25) is 0 Å². The van der Waals surface area contributed by atoms with Crippen LogP contribution < -0.4 is 5.73 Å². The maximum absolute atomic E-state index is 5.60. The first-order valence-electron chi connectivity index (χ1n) is 6.48. The van der Waals surface area contributed by atoms with Crippen molar-refractivity contribution in [3.63, 3.8) is 0 Å². The zero-order valence-corrected chi connectivity index (χ0v) is 11.4. The van der Waals surface area contributed by atoms with Crippen LogP contribution in [0.1, 0.15) is 18.4 Å². The maximum atomic E-state index is 5.60. The van der Waals surface area contributed by atoms with Gasteiger partial charge in [0.1, 0.15) is 5.84 Å². The summed E-state index contributed by atoms with van der Waals surface area (Å²) in [5.74, 6) is 0.734. The second-order valence-corrected chi connectivity index (χ2v) is 4.97. The highest BCUT2D eigenvalue weighted by atomic mass is 35.5. The van der Waals surface area contributed by atoms with Gasteiger partial charge in [-0.1, -0.05) is 12.1 Å². The number of hydrogen-bond acceptors (Lipinski definition) is 2. The van der Waals surface area contributed by atoms with Crippen LogP contribution in [-0.2, 0) is 6.42 Å². The Morgan fingerprint density at radius 1 is 1.22 bits per heavy atom. The lowest BCUT2D eigenvalue weighted by atomic mass is 10.1. The van der Waals surface area contributed by atoms with E-state index in [2.05, 4.69) is 22.0 Å². The lowest BCUT2D eigenvalue weighted by Gasteiger charge is -2.14. The van der Waals surface area contributed by atoms with Gasteiger partial charge in [-0.3, -0.25) is 0 Å². The van der Waals surface area contributed by atoms with Crippen LogP contribution in [0, 0.1) is 0 Å². The lowest BCUT2D eigenvalue weighted by Crippen LogP contribution is -2.21. The summed E-state index contributed by atoms with van der Waals surface area (Å²) in [6.07, 6.45) is 3.81. The average Bonchev–Trinajstić information content (AvgIpc) is 2.91. The first-order valence-corrected chi connectivity index (χ1v) is 7.01. The maximum Gasteiger partial charge on any atom is 0.115 e. The second-order valence-electron chi connectivity index (χ2n) is 4.70. The van der Waals surface area contributed by atoms with Crippen molar-refractivity contribution in [2.75, 3.05) is 25.5 Å². The van der Waals surface area contributed by atoms with E-state index in [-0.39, 0.29) is 5.88 Å². The molecular formula is C14H20ClN3. The van der Waals surface area contributed by atoms with Gasteiger partial charge >= 0.3 is 0 Å². The number of benzene rings is 1. The highest BCUT2D eigenvalue weighted by molar-refractivity contribution is 6.28. The standard InChI is InChI=1S/C14H20ClN3/c15-11-14(16)17-13-5-3-12(4-6-13)7-10-18-8-1-2-9-18/h3-6H,1-2,7-11H2,(H2,16,17). The van der Waals surface area contributed by atoms with E-state index in [4.69, 9.17) is 17.3 Å². The molecule has 0 saturated carbocycles. The first-order chi connectivity index (χ1) is 8.78. The minimum Gasteiger partial charge on any atom is -0.386 e. The van der Waals surface area contributed by atoms with Gasteiger partial charge in [0.05, 0.1) is 11.6 Å². The van der Waals surface area contributed by atoms with Crippen LogP contribution in [0.15, 0.2) is 29.3 Å². The Morgan fingerprint density at radius 3 is 2.50 bits per heavy atom. The van der Waals surface area contributed by atoms with Crippen molar-refractivity contribution in [3.8, 4) is 0 Å². The van der Waals surface area contributed by atoms with Crippen molar-refractivity contribution in [2.24, 2.45) is 10.7 Å². The fraction of sp³-hybridized carbons (Fsp3) is 0.500. The van der Waals surface area contributed by atoms with Gasteiger partial charge in [-0.25, -0.2) is 4.99 Å². The molecular weight excluding hydrogens is 246 g/mol. The number of aliphatic imine (C=N–C) groups is 1. The van der Waals surface area contributed by atoms with Gasteiger partial charge in [-0.15, -0.1) is 11.6 Å². The summed E-state index contributed by atoms with van der Waals surface area (Å²) < 4.78 is 0. The second kappa shape index (κ2) is 6.76. The third kappa shape index (κ3) is 4.00. The SMILES string of the molecule is NC(CCl)=Nc1ccc(CCN2CCCC2)cc1. The number of nitrogens with two attached hydrogens (primary N) is 1. The van der Waals surface area contributed by atoms with Crippen molar-refractivity contribution < 1.29 is 0 Å². The molecule has 0 amide bonds. The van der Waals surface area contributed by atoms with E-state index in [1.165, 1.54) is 31.5 Å². The van der Waals surface area contributed by atoms with Crippen LogP contribution in [0.2, 0.25) is 0 Å². The number of halogens is 1. The zero-order chi connectivity index (χ0) is 12.8. The summed E-state index contributed by atoms with van der Waals surface area (Å²) in [4.78, 5) is 6.73. The van der Waals surface area contributed by atoms with Crippen molar-refractivity contribution in [2.45, 2.75) is 19.3 Å². The van der Waals surface area contributed by atoms with Crippen molar-refractivity contribution >= 4 is 23.1 Å². The number of rotatable bonds is 5. The lowest BCUT2D eigenvalue weighted by molar-refractivity contribution is 0.343. The molecule has 0 unspecified atom stereocenters. The topological polar surface area (TPSA) is 41.6 Å². The van der Waals surface area contributed by atoms with Gasteiger partial charge in [-0.2, -0.15) is 0 Å². The summed E-state index contributed by atoms with van der Waals surface area (Å²) in [5, 5.41) is 0. The van der Waals surface area contributed by atoms with E-state index in [0.29, 0.717) is 5.84 Å². The largest absolute Gasteiger partial charge is 0.386 e. The molecule has 98 valence electrons. The van der Waals surface area contributed by atoms with Gasteiger partial charge < -0.3 is 10.6 Å². The van der Waals surface area contributed by atoms with Crippen molar-refractivity contribution in [3.05, 3.63) is 29.8 Å². The Balaban J connectivity index is 1.87. The minimum atomic E-state index is 0.275. The monoisotopic (exact) mass is 265 g/mol. The van der Waals surface area contributed by atoms with E-state index >= 15 is 0 Å². The van der Waals surface area contributed by atoms with Crippen LogP contribution in [0.3, 0.4) is 0 Å². The number of hydrogen-bond donors (Lipinski definition) is 1. The molecule has 1 aliphatic rings. The Hall–Kier alpha value is -1.06. The molecule has 0 aliphatic carbocycles. The number of nitrogens with zero attached hydrogens (tertiary/aromatic N) is 2. The molecule has 1 aromatic carbocycles. The molecule has 18 heavy (non-hydrogen) atoms. The van der Waals surface area contributed by atoms with Gasteiger partial charge in [0.25, 0.3) is 0 Å². The quantitative estimate of drug-likeness (QED) is 0.505. The molecule has 0 bridgehead atoms. The van der Waals surface area contributed by atoms with E-state index in [9.17, 15) is 0 Å². The zero-order valence-electron chi connectivity index (χ0n) is 10.6. The fourth-order valence-corrected chi connectivity index (χ4v) is 2.29. The molecule has 0 aromatic heterocycles. The van der Waals surface area contributed by atoms with Crippen LogP contribution in [0.4, 0.5) is 5.69 Å². The highest BCUT2D eigenvalue weighted by Crippen LogP contribution is 2.15. The van der Waals surface area contributed by atoms with E-state index in [1.54, 1.807) is 0 Å². The Morgan fingerprint density at radius 2 is 1.89 bits per heavy atom. The highest BCUT2D eigenvalue weighted by Gasteiger charge is 2.10. The molecule has 1 fully saturated rings. The van der Waals surface area contributed by atoms with Crippen molar-refractivity contribution in [1.29, 1.82) is 0 Å². The fourth-order valence-electron chi connectivity index (χ4n) is 2.23. The molecule has 1 aromatic rings. The van der Waals surface area contributed by atoms with Crippen LogP contribution >= 0.6 is 11.6 Å². The third-order valence-electron chi connectivity index (χ3n) is 3.26. The summed E-state index contributed by atoms with van der Waals surface area (Å²) >= 11 is 5.59. The van der Waals surface area contributed by atoms with Crippen LogP contribution in [-0.4, -0.2) is 36.2 Å². The number of likely N-dealkylation sites (tertiary alicyclic amines) is 1. The Kier molecular flexibility index (Phi) is 5.02. The average molecular weight is 266 g/mol. The Bertz CT molecular complexity index is 394. The predicted octanol–water partition coefficient (Wildman–Crippen LogP) is 2.55. The molecule has 2 rings (SSSR count). The molecule has 4 heteroatoms. The van der Waals surface area contributed by atoms with Gasteiger partial charge in [-0.05, 0) is 50.0 Å². The number of alkyl halides is 1. The van der Waals surface area contributed by atoms with Crippen LogP contribution in [0.25, 0.3) is 0 Å². The Labute approximate surface area is 114 Å². The summed E-state index contributed by atoms with van der Waals surface area (Å²) in [5.41, 5.74) is 7.82. The predicted molar refractivity (Wildman–Crippen MR) is 77.8 cm³/mol.